The van der Waals surface area contributed by atoms with Crippen LogP contribution in [0.15, 0.2) is 29.4 Å². The average molecular weight is 217 g/mol. The second kappa shape index (κ2) is 5.01. The van der Waals surface area contributed by atoms with Crippen molar-refractivity contribution in [3.05, 3.63) is 45.8 Å². The van der Waals surface area contributed by atoms with Gasteiger partial charge in [-0.05, 0) is 24.4 Å². The zero-order valence-corrected chi connectivity index (χ0v) is 9.34. The number of nitrogens with zero attached hydrogens (tertiary/aromatic N) is 3. The van der Waals surface area contributed by atoms with E-state index in [9.17, 15) is 0 Å². The van der Waals surface area contributed by atoms with E-state index < -0.39 is 0 Å². The van der Waals surface area contributed by atoms with Crippen LogP contribution in [0.2, 0.25) is 0 Å². The second-order valence-electron chi connectivity index (χ2n) is 4.22. The third-order valence-corrected chi connectivity index (χ3v) is 2.94. The molecule has 0 bridgehead atoms. The molecule has 1 aromatic carbocycles. The molecule has 2 unspecified atom stereocenters. The molecule has 2 atom stereocenters. The van der Waals surface area contributed by atoms with Gasteiger partial charge in [-0.2, -0.15) is 0 Å². The minimum atomic E-state index is 0.0846. The van der Waals surface area contributed by atoms with Crippen molar-refractivity contribution < 1.29 is 4.74 Å². The van der Waals surface area contributed by atoms with Gasteiger partial charge in [-0.1, -0.05) is 34.9 Å². The zero-order chi connectivity index (χ0) is 11.4. The predicted octanol–water partition coefficient (Wildman–Crippen LogP) is 3.18. The zero-order valence-electron chi connectivity index (χ0n) is 9.34. The maximum atomic E-state index is 8.25. The molecule has 0 N–H and O–H groups in total. The molecule has 0 spiro atoms. The highest BCUT2D eigenvalue weighted by Crippen LogP contribution is 2.29. The van der Waals surface area contributed by atoms with Crippen molar-refractivity contribution in [1.82, 2.24) is 0 Å². The highest BCUT2D eigenvalue weighted by molar-refractivity contribution is 5.26. The van der Waals surface area contributed by atoms with Crippen LogP contribution >= 0.6 is 0 Å². The minimum absolute atomic E-state index is 0.0846. The summed E-state index contributed by atoms with van der Waals surface area (Å²) < 4.78 is 5.60. The Morgan fingerprint density at radius 2 is 2.44 bits per heavy atom. The van der Waals surface area contributed by atoms with Gasteiger partial charge < -0.3 is 4.74 Å². The van der Waals surface area contributed by atoms with E-state index in [1.54, 1.807) is 0 Å². The van der Waals surface area contributed by atoms with Gasteiger partial charge in [0.2, 0.25) is 0 Å². The van der Waals surface area contributed by atoms with E-state index in [0.29, 0.717) is 12.5 Å². The molecule has 1 saturated heterocycles. The number of rotatable bonds is 3. The van der Waals surface area contributed by atoms with Crippen molar-refractivity contribution in [2.24, 2.45) is 5.11 Å². The molecular weight excluding hydrogens is 202 g/mol. The molecule has 1 aromatic rings. The van der Waals surface area contributed by atoms with Gasteiger partial charge in [0.05, 0.1) is 19.3 Å². The van der Waals surface area contributed by atoms with Gasteiger partial charge in [-0.3, -0.25) is 0 Å². The molecule has 84 valence electrons. The minimum Gasteiger partial charge on any atom is -0.377 e. The highest BCUT2D eigenvalue weighted by atomic mass is 16.5. The van der Waals surface area contributed by atoms with Crippen LogP contribution in [0.1, 0.15) is 23.5 Å². The molecule has 2 rings (SSSR count). The van der Waals surface area contributed by atoms with Gasteiger partial charge in [0.25, 0.3) is 0 Å². The molecule has 0 radical (unpaired) electrons. The topological polar surface area (TPSA) is 58.0 Å². The number of ether oxygens (including phenoxy) is 1. The summed E-state index contributed by atoms with van der Waals surface area (Å²) in [5.41, 5.74) is 10.8. The quantitative estimate of drug-likeness (QED) is 0.435. The fourth-order valence-electron chi connectivity index (χ4n) is 2.12. The monoisotopic (exact) mass is 217 g/mol. The van der Waals surface area contributed by atoms with Gasteiger partial charge in [0.1, 0.15) is 0 Å². The van der Waals surface area contributed by atoms with Crippen LogP contribution in [0.25, 0.3) is 10.4 Å². The van der Waals surface area contributed by atoms with Crippen molar-refractivity contribution in [1.29, 1.82) is 0 Å². The molecular formula is C12H15N3O. The lowest BCUT2D eigenvalue weighted by Crippen LogP contribution is -2.08. The fourth-order valence-corrected chi connectivity index (χ4v) is 2.12. The molecule has 4 heteroatoms. The average Bonchev–Trinajstić information content (AvgIpc) is 2.75. The standard InChI is InChI=1S/C12H15N3O/c1-9-3-2-4-10(5-9)11-6-12(16-8-11)7-14-15-13/h2-5,11-12H,6-8H2,1H3. The summed E-state index contributed by atoms with van der Waals surface area (Å²) in [6, 6.07) is 8.50. The van der Waals surface area contributed by atoms with Crippen LogP contribution in [0.3, 0.4) is 0 Å². The summed E-state index contributed by atoms with van der Waals surface area (Å²) >= 11 is 0. The van der Waals surface area contributed by atoms with Crippen molar-refractivity contribution in [2.45, 2.75) is 25.4 Å². The third-order valence-electron chi connectivity index (χ3n) is 2.94. The Morgan fingerprint density at radius 3 is 3.19 bits per heavy atom. The van der Waals surface area contributed by atoms with E-state index >= 15 is 0 Å². The number of hydrogen-bond acceptors (Lipinski definition) is 2. The molecule has 1 fully saturated rings. The van der Waals surface area contributed by atoms with Gasteiger partial charge in [-0.15, -0.1) is 0 Å². The molecule has 0 aliphatic carbocycles. The van der Waals surface area contributed by atoms with Gasteiger partial charge in [-0.25, -0.2) is 0 Å². The van der Waals surface area contributed by atoms with Crippen LogP contribution in [-0.4, -0.2) is 19.3 Å². The smallest absolute Gasteiger partial charge is 0.0638 e. The Labute approximate surface area is 94.9 Å². The van der Waals surface area contributed by atoms with E-state index in [1.165, 1.54) is 11.1 Å². The first-order valence-corrected chi connectivity index (χ1v) is 5.48. The van der Waals surface area contributed by atoms with Crippen LogP contribution in [0, 0.1) is 6.92 Å². The van der Waals surface area contributed by atoms with Crippen molar-refractivity contribution in [3.8, 4) is 0 Å². The largest absolute Gasteiger partial charge is 0.377 e. The summed E-state index contributed by atoms with van der Waals surface area (Å²) in [4.78, 5) is 2.76. The van der Waals surface area contributed by atoms with Gasteiger partial charge >= 0.3 is 0 Å². The van der Waals surface area contributed by atoms with Gasteiger partial charge in [0.15, 0.2) is 0 Å². The molecule has 1 heterocycles. The van der Waals surface area contributed by atoms with Crippen molar-refractivity contribution in [3.63, 3.8) is 0 Å². The second-order valence-corrected chi connectivity index (χ2v) is 4.22. The summed E-state index contributed by atoms with van der Waals surface area (Å²) in [6.07, 6.45) is 1.03. The lowest BCUT2D eigenvalue weighted by Gasteiger charge is -2.08. The maximum absolute atomic E-state index is 8.25. The molecule has 1 aliphatic rings. The molecule has 16 heavy (non-hydrogen) atoms. The lowest BCUT2D eigenvalue weighted by molar-refractivity contribution is 0.116. The van der Waals surface area contributed by atoms with Crippen LogP contribution in [0.5, 0.6) is 0 Å². The molecule has 0 amide bonds. The van der Waals surface area contributed by atoms with Crippen LogP contribution < -0.4 is 0 Å². The normalized spacial score (nSPS) is 24.1. The Balaban J connectivity index is 2.00. The first-order valence-electron chi connectivity index (χ1n) is 5.48. The van der Waals surface area contributed by atoms with Crippen molar-refractivity contribution >= 4 is 0 Å². The van der Waals surface area contributed by atoms with E-state index in [1.807, 2.05) is 0 Å². The van der Waals surface area contributed by atoms with E-state index in [-0.39, 0.29) is 6.10 Å². The summed E-state index contributed by atoms with van der Waals surface area (Å²) in [6.45, 7) is 3.27. The number of aryl methyl sites for hydroxylation is 1. The van der Waals surface area contributed by atoms with E-state index in [0.717, 1.165) is 13.0 Å². The first kappa shape index (κ1) is 11.0. The maximum Gasteiger partial charge on any atom is 0.0638 e. The predicted molar refractivity (Wildman–Crippen MR) is 62.3 cm³/mol. The summed E-state index contributed by atoms with van der Waals surface area (Å²) in [5.74, 6) is 0.443. The Morgan fingerprint density at radius 1 is 1.56 bits per heavy atom. The third kappa shape index (κ3) is 2.54. The Kier molecular flexibility index (Phi) is 3.44. The fraction of sp³-hybridized carbons (Fsp3) is 0.500. The summed E-state index contributed by atoms with van der Waals surface area (Å²) in [5, 5.41) is 3.56. The first-order chi connectivity index (χ1) is 7.79. The number of benzene rings is 1. The number of hydrogen-bond donors (Lipinski definition) is 0. The Hall–Kier alpha value is -1.51. The van der Waals surface area contributed by atoms with Crippen molar-refractivity contribution in [2.75, 3.05) is 13.2 Å². The SMILES string of the molecule is Cc1cccc(C2COC(CN=[N+]=[N-])C2)c1. The van der Waals surface area contributed by atoms with Gasteiger partial charge in [0, 0.05) is 10.8 Å². The molecule has 4 nitrogen and oxygen atoms in total. The number of azide groups is 1. The highest BCUT2D eigenvalue weighted by Gasteiger charge is 2.25. The van der Waals surface area contributed by atoms with E-state index in [2.05, 4.69) is 41.2 Å². The molecule has 0 saturated carbocycles. The van der Waals surface area contributed by atoms with Crippen LogP contribution in [-0.2, 0) is 4.74 Å². The lowest BCUT2D eigenvalue weighted by atomic mass is 9.95. The van der Waals surface area contributed by atoms with Crippen LogP contribution in [0.4, 0.5) is 0 Å². The summed E-state index contributed by atoms with van der Waals surface area (Å²) in [7, 11) is 0. The van der Waals surface area contributed by atoms with E-state index in [4.69, 9.17) is 10.3 Å². The molecule has 0 aromatic heterocycles. The Bertz CT molecular complexity index is 412. The molecule has 1 aliphatic heterocycles.